The van der Waals surface area contributed by atoms with E-state index in [1.807, 2.05) is 0 Å². The maximum atomic E-state index is 13.2. The Hall–Kier alpha value is -3.24. The minimum atomic E-state index is -3.97. The Balaban J connectivity index is 1.58. The van der Waals surface area contributed by atoms with Crippen molar-refractivity contribution < 1.29 is 22.7 Å². The number of carbonyl (C=O) groups is 1. The Kier molecular flexibility index (Phi) is 7.46. The molecule has 192 valence electrons. The Labute approximate surface area is 210 Å². The number of halogens is 1. The van der Waals surface area contributed by atoms with Crippen molar-refractivity contribution in [2.75, 3.05) is 35.8 Å². The molecule has 0 aliphatic carbocycles. The third-order valence-electron chi connectivity index (χ3n) is 6.48. The van der Waals surface area contributed by atoms with Crippen molar-refractivity contribution in [3.05, 3.63) is 59.9 Å². The summed E-state index contributed by atoms with van der Waals surface area (Å²) in [4.78, 5) is 21.3. The van der Waals surface area contributed by atoms with Crippen molar-refractivity contribution in [2.24, 2.45) is 5.92 Å². The van der Waals surface area contributed by atoms with Gasteiger partial charge in [-0.15, -0.1) is 0 Å². The largest absolute Gasteiger partial charge is 0.478 e. The number of anilines is 2. The molecule has 0 amide bonds. The first-order valence-corrected chi connectivity index (χ1v) is 13.5. The Morgan fingerprint density at radius 3 is 2.33 bits per heavy atom. The smallest absolute Gasteiger partial charge is 0.336 e. The summed E-state index contributed by atoms with van der Waals surface area (Å²) in [5.41, 5.74) is 0.704. The van der Waals surface area contributed by atoms with Gasteiger partial charge in [-0.2, -0.15) is 0 Å². The van der Waals surface area contributed by atoms with E-state index < -0.39 is 21.8 Å². The molecule has 2 heterocycles. The first kappa shape index (κ1) is 25.8. The molecule has 0 bridgehead atoms. The highest BCUT2D eigenvalue weighted by Crippen LogP contribution is 2.28. The molecule has 2 aromatic carbocycles. The highest BCUT2D eigenvalue weighted by Gasteiger charge is 2.24. The first-order chi connectivity index (χ1) is 17.0. The van der Waals surface area contributed by atoms with Gasteiger partial charge >= 0.3 is 5.97 Å². The normalized spacial score (nSPS) is 15.9. The molecule has 0 unspecified atom stereocenters. The predicted molar refractivity (Wildman–Crippen MR) is 139 cm³/mol. The van der Waals surface area contributed by atoms with Crippen molar-refractivity contribution in [2.45, 2.75) is 38.1 Å². The van der Waals surface area contributed by atoms with Gasteiger partial charge in [0, 0.05) is 43.3 Å². The van der Waals surface area contributed by atoms with Crippen LogP contribution in [0.3, 0.4) is 0 Å². The minimum absolute atomic E-state index is 0.0495. The summed E-state index contributed by atoms with van der Waals surface area (Å²) in [6.45, 7) is 9.93. The van der Waals surface area contributed by atoms with E-state index in [0.717, 1.165) is 44.7 Å². The molecule has 1 aliphatic heterocycles. The molecule has 8 nitrogen and oxygen atoms in total. The number of carboxylic acids is 1. The van der Waals surface area contributed by atoms with Gasteiger partial charge in [0.2, 0.25) is 0 Å². The molecule has 36 heavy (non-hydrogen) atoms. The van der Waals surface area contributed by atoms with E-state index in [1.165, 1.54) is 24.3 Å². The number of hydrogen-bond donors (Lipinski definition) is 2. The number of piperazine rings is 1. The highest BCUT2D eigenvalue weighted by molar-refractivity contribution is 7.92. The number of rotatable bonds is 8. The zero-order chi connectivity index (χ0) is 26.0. The zero-order valence-electron chi connectivity index (χ0n) is 20.6. The molecular formula is C26H31FN4O4S. The van der Waals surface area contributed by atoms with E-state index in [2.05, 4.69) is 35.3 Å². The number of aromatic nitrogens is 1. The maximum absolute atomic E-state index is 13.2. The molecule has 0 spiro atoms. The van der Waals surface area contributed by atoms with E-state index in [4.69, 9.17) is 4.98 Å². The third-order valence-corrected chi connectivity index (χ3v) is 7.87. The standard InChI is InChI=1S/C26H31FN4O4S/c1-17(2)14-18(3)30-10-12-31(13-11-30)25-16-23(26(32)33)22-15-20(6-9-24(22)28-25)29-36(34,35)21-7-4-19(27)5-8-21/h4-9,15-18,29H,10-14H2,1-3H3,(H,32,33)/t18-/m0/s1. The summed E-state index contributed by atoms with van der Waals surface area (Å²) < 4.78 is 41.0. The van der Waals surface area contributed by atoms with Crippen molar-refractivity contribution in [3.63, 3.8) is 0 Å². The predicted octanol–water partition coefficient (Wildman–Crippen LogP) is 4.43. The number of benzene rings is 2. The Morgan fingerprint density at radius 1 is 1.06 bits per heavy atom. The maximum Gasteiger partial charge on any atom is 0.336 e. The summed E-state index contributed by atoms with van der Waals surface area (Å²) in [6.07, 6.45) is 1.13. The molecule has 0 radical (unpaired) electrons. The number of nitrogens with one attached hydrogen (secondary N) is 1. The van der Waals surface area contributed by atoms with Crippen LogP contribution in [0.25, 0.3) is 10.9 Å². The molecule has 1 aliphatic rings. The zero-order valence-corrected chi connectivity index (χ0v) is 21.4. The van der Waals surface area contributed by atoms with Gasteiger partial charge in [0.25, 0.3) is 10.0 Å². The van der Waals surface area contributed by atoms with Crippen molar-refractivity contribution in [1.29, 1.82) is 0 Å². The Morgan fingerprint density at radius 2 is 1.72 bits per heavy atom. The average molecular weight is 515 g/mol. The fourth-order valence-electron chi connectivity index (χ4n) is 4.67. The van der Waals surface area contributed by atoms with Crippen molar-refractivity contribution in [3.8, 4) is 0 Å². The molecule has 3 aromatic rings. The summed E-state index contributed by atoms with van der Waals surface area (Å²) >= 11 is 0. The van der Waals surface area contributed by atoms with Crippen LogP contribution in [-0.2, 0) is 10.0 Å². The second-order valence-corrected chi connectivity index (χ2v) is 11.3. The van der Waals surface area contributed by atoms with E-state index in [1.54, 1.807) is 12.1 Å². The molecule has 2 N–H and O–H groups in total. The lowest BCUT2D eigenvalue weighted by Gasteiger charge is -2.39. The van der Waals surface area contributed by atoms with Gasteiger partial charge in [0.05, 0.1) is 16.0 Å². The van der Waals surface area contributed by atoms with E-state index in [9.17, 15) is 22.7 Å². The number of pyridine rings is 1. The molecule has 1 saturated heterocycles. The van der Waals surface area contributed by atoms with Crippen LogP contribution >= 0.6 is 0 Å². The topological polar surface area (TPSA) is 103 Å². The molecule has 1 atom stereocenters. The first-order valence-electron chi connectivity index (χ1n) is 12.0. The second-order valence-electron chi connectivity index (χ2n) is 9.63. The van der Waals surface area contributed by atoms with Gasteiger partial charge in [-0.05, 0) is 67.8 Å². The third kappa shape index (κ3) is 5.76. The number of hydrogen-bond acceptors (Lipinski definition) is 6. The number of sulfonamides is 1. The van der Waals surface area contributed by atoms with Gasteiger partial charge in [-0.25, -0.2) is 22.6 Å². The lowest BCUT2D eigenvalue weighted by atomic mass is 10.0. The molecule has 4 rings (SSSR count). The monoisotopic (exact) mass is 514 g/mol. The van der Waals surface area contributed by atoms with Gasteiger partial charge in [0.1, 0.15) is 11.6 Å². The van der Waals surface area contributed by atoms with Crippen molar-refractivity contribution in [1.82, 2.24) is 9.88 Å². The van der Waals surface area contributed by atoms with E-state index >= 15 is 0 Å². The van der Waals surface area contributed by atoms with Crippen LogP contribution < -0.4 is 9.62 Å². The van der Waals surface area contributed by atoms with Gasteiger partial charge < -0.3 is 10.0 Å². The summed E-state index contributed by atoms with van der Waals surface area (Å²) in [6, 6.07) is 11.1. The number of aromatic carboxylic acids is 1. The van der Waals surface area contributed by atoms with E-state index in [0.29, 0.717) is 28.7 Å². The quantitative estimate of drug-likeness (QED) is 0.458. The van der Waals surface area contributed by atoms with Crippen LogP contribution in [0.15, 0.2) is 53.4 Å². The van der Waals surface area contributed by atoms with Crippen LogP contribution in [-0.4, -0.2) is 61.6 Å². The second kappa shape index (κ2) is 10.4. The van der Waals surface area contributed by atoms with Gasteiger partial charge in [0.15, 0.2) is 0 Å². The molecule has 0 saturated carbocycles. The lowest BCUT2D eigenvalue weighted by molar-refractivity contribution is 0.0699. The fourth-order valence-corrected chi connectivity index (χ4v) is 5.71. The molecule has 1 aromatic heterocycles. The van der Waals surface area contributed by atoms with Crippen LogP contribution in [0, 0.1) is 11.7 Å². The van der Waals surface area contributed by atoms with Gasteiger partial charge in [-0.3, -0.25) is 9.62 Å². The number of carboxylic acid groups (broad SMARTS) is 1. The summed E-state index contributed by atoms with van der Waals surface area (Å²) in [7, 11) is -3.97. The average Bonchev–Trinajstić information content (AvgIpc) is 2.83. The fraction of sp³-hybridized carbons (Fsp3) is 0.385. The number of nitrogens with zero attached hydrogens (tertiary/aromatic N) is 3. The van der Waals surface area contributed by atoms with Crippen molar-refractivity contribution >= 4 is 38.4 Å². The molecular weight excluding hydrogens is 483 g/mol. The summed E-state index contributed by atoms with van der Waals surface area (Å²) in [5, 5.41) is 10.2. The lowest BCUT2D eigenvalue weighted by Crippen LogP contribution is -2.50. The SMILES string of the molecule is CC(C)C[C@H](C)N1CCN(c2cc(C(=O)O)c3cc(NS(=O)(=O)c4ccc(F)cc4)ccc3n2)CC1. The Bertz CT molecular complexity index is 1350. The van der Waals surface area contributed by atoms with E-state index in [-0.39, 0.29) is 16.1 Å². The molecule has 1 fully saturated rings. The minimum Gasteiger partial charge on any atom is -0.478 e. The highest BCUT2D eigenvalue weighted by atomic mass is 32.2. The van der Waals surface area contributed by atoms with Crippen LogP contribution in [0.1, 0.15) is 37.6 Å². The number of fused-ring (bicyclic) bond motifs is 1. The summed E-state index contributed by atoms with van der Waals surface area (Å²) in [5.74, 6) is -0.440. The van der Waals surface area contributed by atoms with Gasteiger partial charge in [-0.1, -0.05) is 13.8 Å². The van der Waals surface area contributed by atoms with Crippen LogP contribution in [0.4, 0.5) is 15.9 Å². The van der Waals surface area contributed by atoms with Crippen LogP contribution in [0.5, 0.6) is 0 Å². The van der Waals surface area contributed by atoms with Crippen LogP contribution in [0.2, 0.25) is 0 Å². The molecule has 10 heteroatoms.